The number of benzene rings is 2. The molecule has 7 heteroatoms. The minimum atomic E-state index is 0. The number of hydrogen-bond donors (Lipinski definition) is 2. The fraction of sp³-hybridized carbons (Fsp3) is 0.435. The van der Waals surface area contributed by atoms with E-state index in [1.807, 2.05) is 25.1 Å². The normalized spacial score (nSPS) is 10.9. The van der Waals surface area contributed by atoms with E-state index < -0.39 is 0 Å². The molecule has 30 heavy (non-hydrogen) atoms. The fourth-order valence-corrected chi connectivity index (χ4v) is 3.07. The summed E-state index contributed by atoms with van der Waals surface area (Å²) in [4.78, 5) is 4.31. The number of nitrogens with one attached hydrogen (secondary N) is 2. The summed E-state index contributed by atoms with van der Waals surface area (Å²) < 4.78 is 16.3. The van der Waals surface area contributed by atoms with Crippen molar-refractivity contribution in [2.45, 2.75) is 32.9 Å². The SMILES string of the molecule is CCOc1cc(CCCNC(=NC)NCc2ccccc2COC)ccc1OC.I. The Labute approximate surface area is 197 Å². The van der Waals surface area contributed by atoms with E-state index in [1.54, 1.807) is 21.3 Å². The van der Waals surface area contributed by atoms with E-state index in [-0.39, 0.29) is 24.0 Å². The van der Waals surface area contributed by atoms with E-state index >= 15 is 0 Å². The van der Waals surface area contributed by atoms with Gasteiger partial charge in [0.05, 0.1) is 20.3 Å². The second-order valence-electron chi connectivity index (χ2n) is 6.58. The summed E-state index contributed by atoms with van der Waals surface area (Å²) >= 11 is 0. The van der Waals surface area contributed by atoms with Crippen molar-refractivity contribution in [3.05, 3.63) is 59.2 Å². The maximum absolute atomic E-state index is 5.65. The highest BCUT2D eigenvalue weighted by atomic mass is 127. The Balaban J connectivity index is 0.00000450. The molecule has 0 heterocycles. The minimum absolute atomic E-state index is 0. The number of rotatable bonds is 11. The first-order chi connectivity index (χ1) is 14.2. The lowest BCUT2D eigenvalue weighted by molar-refractivity contribution is 0.184. The fourth-order valence-electron chi connectivity index (χ4n) is 3.07. The van der Waals surface area contributed by atoms with E-state index in [4.69, 9.17) is 14.2 Å². The summed E-state index contributed by atoms with van der Waals surface area (Å²) in [7, 11) is 5.16. The average Bonchev–Trinajstić information content (AvgIpc) is 2.75. The number of hydrogen-bond acceptors (Lipinski definition) is 4. The average molecular weight is 527 g/mol. The van der Waals surface area contributed by atoms with E-state index in [1.165, 1.54) is 16.7 Å². The molecule has 166 valence electrons. The summed E-state index contributed by atoms with van der Waals surface area (Å²) in [6.45, 7) is 4.74. The lowest BCUT2D eigenvalue weighted by Gasteiger charge is -2.14. The van der Waals surface area contributed by atoms with Crippen molar-refractivity contribution in [3.63, 3.8) is 0 Å². The third-order valence-corrected chi connectivity index (χ3v) is 4.55. The predicted octanol–water partition coefficient (Wildman–Crippen LogP) is 4.16. The van der Waals surface area contributed by atoms with Gasteiger partial charge >= 0.3 is 0 Å². The van der Waals surface area contributed by atoms with Crippen molar-refractivity contribution in [3.8, 4) is 11.5 Å². The summed E-state index contributed by atoms with van der Waals surface area (Å²) in [6.07, 6.45) is 1.93. The summed E-state index contributed by atoms with van der Waals surface area (Å²) in [5.41, 5.74) is 3.62. The summed E-state index contributed by atoms with van der Waals surface area (Å²) in [6, 6.07) is 14.4. The molecule has 0 fully saturated rings. The van der Waals surface area contributed by atoms with E-state index in [2.05, 4.69) is 39.9 Å². The molecule has 0 aliphatic rings. The molecule has 2 rings (SSSR count). The first kappa shape index (κ1) is 26.0. The van der Waals surface area contributed by atoms with Gasteiger partial charge in [-0.3, -0.25) is 4.99 Å². The highest BCUT2D eigenvalue weighted by Gasteiger charge is 2.06. The van der Waals surface area contributed by atoms with E-state index in [0.717, 1.165) is 36.8 Å². The van der Waals surface area contributed by atoms with Gasteiger partial charge in [-0.15, -0.1) is 24.0 Å². The number of guanidine groups is 1. The van der Waals surface area contributed by atoms with Gasteiger partial charge in [0.15, 0.2) is 17.5 Å². The van der Waals surface area contributed by atoms with Gasteiger partial charge in [-0.05, 0) is 48.6 Å². The number of ether oxygens (including phenoxy) is 3. The van der Waals surface area contributed by atoms with Gasteiger partial charge in [0, 0.05) is 27.2 Å². The summed E-state index contributed by atoms with van der Waals surface area (Å²) in [5, 5.41) is 6.75. The van der Waals surface area contributed by atoms with Gasteiger partial charge < -0.3 is 24.8 Å². The van der Waals surface area contributed by atoms with Crippen molar-refractivity contribution in [2.75, 3.05) is 34.4 Å². The smallest absolute Gasteiger partial charge is 0.191 e. The van der Waals surface area contributed by atoms with E-state index in [9.17, 15) is 0 Å². The van der Waals surface area contributed by atoms with Crippen LogP contribution in [0.3, 0.4) is 0 Å². The van der Waals surface area contributed by atoms with Crippen LogP contribution in [0.5, 0.6) is 11.5 Å². The van der Waals surface area contributed by atoms with Crippen molar-refractivity contribution in [1.29, 1.82) is 0 Å². The highest BCUT2D eigenvalue weighted by Crippen LogP contribution is 2.28. The minimum Gasteiger partial charge on any atom is -0.493 e. The number of nitrogens with zero attached hydrogens (tertiary/aromatic N) is 1. The maximum Gasteiger partial charge on any atom is 0.191 e. The molecule has 0 spiro atoms. The molecule has 2 aromatic rings. The molecule has 0 atom stereocenters. The van der Waals surface area contributed by atoms with Crippen LogP contribution in [0.1, 0.15) is 30.0 Å². The monoisotopic (exact) mass is 527 g/mol. The zero-order valence-electron chi connectivity index (χ0n) is 18.4. The molecule has 0 amide bonds. The second-order valence-corrected chi connectivity index (χ2v) is 6.58. The Morgan fingerprint density at radius 3 is 2.43 bits per heavy atom. The third kappa shape index (κ3) is 8.39. The van der Waals surface area contributed by atoms with Crippen molar-refractivity contribution in [1.82, 2.24) is 10.6 Å². The van der Waals surface area contributed by atoms with Gasteiger partial charge in [0.1, 0.15) is 0 Å². The molecule has 0 aromatic heterocycles. The largest absolute Gasteiger partial charge is 0.493 e. The molecule has 0 radical (unpaired) electrons. The van der Waals surface area contributed by atoms with Crippen LogP contribution in [0.2, 0.25) is 0 Å². The molecule has 0 saturated carbocycles. The molecule has 0 aliphatic heterocycles. The van der Waals surface area contributed by atoms with Gasteiger partial charge in [0.2, 0.25) is 0 Å². The first-order valence-electron chi connectivity index (χ1n) is 10.0. The van der Waals surface area contributed by atoms with Crippen LogP contribution >= 0.6 is 24.0 Å². The number of aryl methyl sites for hydroxylation is 1. The predicted molar refractivity (Wildman–Crippen MR) is 133 cm³/mol. The number of aliphatic imine (C=N–C) groups is 1. The Kier molecular flexibility index (Phi) is 12.9. The molecule has 2 N–H and O–H groups in total. The quantitative estimate of drug-likeness (QED) is 0.199. The second kappa shape index (κ2) is 14.9. The van der Waals surface area contributed by atoms with Crippen LogP contribution in [0.15, 0.2) is 47.5 Å². The summed E-state index contributed by atoms with van der Waals surface area (Å²) in [5.74, 6) is 2.36. The molecule has 0 saturated heterocycles. The van der Waals surface area contributed by atoms with Gasteiger partial charge in [-0.25, -0.2) is 0 Å². The Hall–Kier alpha value is -2.00. The third-order valence-electron chi connectivity index (χ3n) is 4.55. The Morgan fingerprint density at radius 1 is 1.00 bits per heavy atom. The lowest BCUT2D eigenvalue weighted by atomic mass is 10.1. The highest BCUT2D eigenvalue weighted by molar-refractivity contribution is 14.0. The van der Waals surface area contributed by atoms with Crippen LogP contribution in [0, 0.1) is 0 Å². The van der Waals surface area contributed by atoms with Crippen molar-refractivity contribution < 1.29 is 14.2 Å². The standard InChI is InChI=1S/C23H33N3O3.HI/c1-5-29-22-15-18(12-13-21(22)28-4)9-8-14-25-23(24-2)26-16-19-10-6-7-11-20(19)17-27-3;/h6-7,10-13,15H,5,8-9,14,16-17H2,1-4H3,(H2,24,25,26);1H. The maximum atomic E-state index is 5.65. The zero-order valence-corrected chi connectivity index (χ0v) is 20.7. The molecular formula is C23H34IN3O3. The zero-order chi connectivity index (χ0) is 20.9. The van der Waals surface area contributed by atoms with Crippen LogP contribution in [0.25, 0.3) is 0 Å². The first-order valence-corrected chi connectivity index (χ1v) is 10.0. The van der Waals surface area contributed by atoms with Crippen LogP contribution < -0.4 is 20.1 Å². The molecular weight excluding hydrogens is 493 g/mol. The van der Waals surface area contributed by atoms with Crippen molar-refractivity contribution >= 4 is 29.9 Å². The van der Waals surface area contributed by atoms with Crippen LogP contribution in [-0.4, -0.2) is 40.4 Å². The number of methoxy groups -OCH3 is 2. The van der Waals surface area contributed by atoms with Crippen molar-refractivity contribution in [2.24, 2.45) is 4.99 Å². The molecule has 0 bridgehead atoms. The van der Waals surface area contributed by atoms with E-state index in [0.29, 0.717) is 19.8 Å². The van der Waals surface area contributed by atoms with Crippen LogP contribution in [0.4, 0.5) is 0 Å². The van der Waals surface area contributed by atoms with Crippen LogP contribution in [-0.2, 0) is 24.3 Å². The molecule has 2 aromatic carbocycles. The molecule has 0 unspecified atom stereocenters. The molecule has 6 nitrogen and oxygen atoms in total. The molecule has 0 aliphatic carbocycles. The number of halogens is 1. The van der Waals surface area contributed by atoms with Gasteiger partial charge in [-0.2, -0.15) is 0 Å². The van der Waals surface area contributed by atoms with Gasteiger partial charge in [0.25, 0.3) is 0 Å². The van der Waals surface area contributed by atoms with Gasteiger partial charge in [-0.1, -0.05) is 30.3 Å². The Morgan fingerprint density at radius 2 is 1.77 bits per heavy atom. The lowest BCUT2D eigenvalue weighted by Crippen LogP contribution is -2.37. The Bertz CT molecular complexity index is 784. The topological polar surface area (TPSA) is 64.1 Å².